The first kappa shape index (κ1) is 13.2. The van der Waals surface area contributed by atoms with Gasteiger partial charge < -0.3 is 0 Å². The fourth-order valence-corrected chi connectivity index (χ4v) is 1.91. The lowest BCUT2D eigenvalue weighted by molar-refractivity contribution is 0.525. The van der Waals surface area contributed by atoms with E-state index in [1.54, 1.807) is 0 Å². The molecule has 3 nitrogen and oxygen atoms in total. The number of aryl methyl sites for hydroxylation is 2. The lowest BCUT2D eigenvalue weighted by Crippen LogP contribution is -2.08. The second kappa shape index (κ2) is 6.66. The molecule has 1 aromatic heterocycles. The van der Waals surface area contributed by atoms with Gasteiger partial charge in [-0.3, -0.25) is 0 Å². The molecule has 0 atom stereocenters. The molecule has 0 aliphatic carbocycles. The quantitative estimate of drug-likeness (QED) is 0.710. The molecule has 0 saturated heterocycles. The van der Waals surface area contributed by atoms with Gasteiger partial charge in [0.15, 0.2) is 0 Å². The van der Waals surface area contributed by atoms with Gasteiger partial charge in [0.1, 0.15) is 0 Å². The van der Waals surface area contributed by atoms with E-state index in [1.165, 1.54) is 24.2 Å². The summed E-state index contributed by atoms with van der Waals surface area (Å²) in [4.78, 5) is 0. The van der Waals surface area contributed by atoms with Gasteiger partial charge in [0.05, 0.1) is 11.4 Å². The van der Waals surface area contributed by atoms with Gasteiger partial charge in [0.2, 0.25) is 0 Å². The van der Waals surface area contributed by atoms with Crippen LogP contribution in [0.3, 0.4) is 0 Å². The normalized spacial score (nSPS) is 11.3. The van der Waals surface area contributed by atoms with Crippen molar-refractivity contribution in [2.24, 2.45) is 5.92 Å². The maximum Gasteiger partial charge on any atom is 0.0859 e. The highest BCUT2D eigenvalue weighted by molar-refractivity contribution is 5.11. The van der Waals surface area contributed by atoms with Crippen LogP contribution in [0.4, 0.5) is 0 Å². The minimum absolute atomic E-state index is 0.675. The Kier molecular flexibility index (Phi) is 5.50. The zero-order chi connectivity index (χ0) is 12.0. The van der Waals surface area contributed by atoms with Crippen LogP contribution in [-0.2, 0) is 19.4 Å². The van der Waals surface area contributed by atoms with Crippen molar-refractivity contribution in [2.45, 2.75) is 66.3 Å². The fraction of sp³-hybridized carbons (Fsp3) is 0.846. The zero-order valence-electron chi connectivity index (χ0n) is 11.2. The van der Waals surface area contributed by atoms with E-state index in [4.69, 9.17) is 0 Å². The molecule has 1 aromatic rings. The first-order valence-corrected chi connectivity index (χ1v) is 6.60. The number of unbranched alkanes of at least 4 members (excludes halogenated alkanes) is 1. The smallest absolute Gasteiger partial charge is 0.0859 e. The molecular formula is C13H25N3. The molecule has 0 N–H and O–H groups in total. The van der Waals surface area contributed by atoms with Crippen molar-refractivity contribution in [3.05, 3.63) is 11.4 Å². The van der Waals surface area contributed by atoms with Crippen molar-refractivity contribution in [2.75, 3.05) is 0 Å². The third-order valence-corrected chi connectivity index (χ3v) is 2.72. The molecule has 0 fully saturated rings. The zero-order valence-corrected chi connectivity index (χ0v) is 11.2. The Balaban J connectivity index is 2.80. The number of aromatic nitrogens is 3. The predicted molar refractivity (Wildman–Crippen MR) is 67.5 cm³/mol. The van der Waals surface area contributed by atoms with Crippen molar-refractivity contribution in [3.63, 3.8) is 0 Å². The first-order chi connectivity index (χ1) is 7.69. The maximum absolute atomic E-state index is 4.34. The minimum atomic E-state index is 0.675. The highest BCUT2D eigenvalue weighted by Crippen LogP contribution is 2.14. The van der Waals surface area contributed by atoms with Crippen LogP contribution in [-0.4, -0.2) is 15.0 Å². The molecular weight excluding hydrogens is 198 g/mol. The van der Waals surface area contributed by atoms with Gasteiger partial charge in [-0.2, -0.15) is 0 Å². The van der Waals surface area contributed by atoms with Crippen LogP contribution >= 0.6 is 0 Å². The highest BCUT2D eigenvalue weighted by Gasteiger charge is 2.13. The van der Waals surface area contributed by atoms with Gasteiger partial charge >= 0.3 is 0 Å². The van der Waals surface area contributed by atoms with E-state index < -0.39 is 0 Å². The van der Waals surface area contributed by atoms with Gasteiger partial charge in [-0.25, -0.2) is 4.68 Å². The third kappa shape index (κ3) is 3.62. The lowest BCUT2D eigenvalue weighted by Gasteiger charge is -2.09. The highest BCUT2D eigenvalue weighted by atomic mass is 15.4. The number of hydrogen-bond donors (Lipinski definition) is 0. The Morgan fingerprint density at radius 3 is 2.50 bits per heavy atom. The van der Waals surface area contributed by atoms with Crippen LogP contribution in [0.2, 0.25) is 0 Å². The summed E-state index contributed by atoms with van der Waals surface area (Å²) in [6.07, 6.45) is 5.76. The minimum Gasteiger partial charge on any atom is -0.249 e. The van der Waals surface area contributed by atoms with Crippen LogP contribution in [0, 0.1) is 5.92 Å². The monoisotopic (exact) mass is 223 g/mol. The van der Waals surface area contributed by atoms with Crippen LogP contribution in [0.15, 0.2) is 0 Å². The summed E-state index contributed by atoms with van der Waals surface area (Å²) >= 11 is 0. The van der Waals surface area contributed by atoms with E-state index in [1.807, 2.05) is 0 Å². The second-order valence-corrected chi connectivity index (χ2v) is 4.91. The molecule has 0 unspecified atom stereocenters. The number of hydrogen-bond acceptors (Lipinski definition) is 2. The van der Waals surface area contributed by atoms with E-state index in [2.05, 4.69) is 42.7 Å². The van der Waals surface area contributed by atoms with Crippen molar-refractivity contribution < 1.29 is 0 Å². The molecule has 0 saturated carbocycles. The standard InChI is InChI=1S/C13H25N3/c1-5-7-8-12-13(10-11(3)4)16(9-6-2)15-14-12/h11H,5-10H2,1-4H3. The molecule has 1 rings (SSSR count). The SMILES string of the molecule is CCCCc1nnn(CCC)c1CC(C)C. The molecule has 92 valence electrons. The summed E-state index contributed by atoms with van der Waals surface area (Å²) in [5.74, 6) is 0.675. The van der Waals surface area contributed by atoms with Gasteiger partial charge in [-0.1, -0.05) is 39.3 Å². The molecule has 0 aromatic carbocycles. The topological polar surface area (TPSA) is 30.7 Å². The molecule has 0 aliphatic rings. The Bertz CT molecular complexity index is 302. The van der Waals surface area contributed by atoms with E-state index in [-0.39, 0.29) is 0 Å². The Morgan fingerprint density at radius 1 is 1.19 bits per heavy atom. The molecule has 0 spiro atoms. The van der Waals surface area contributed by atoms with Crippen LogP contribution in [0.1, 0.15) is 58.3 Å². The van der Waals surface area contributed by atoms with Gasteiger partial charge in [0, 0.05) is 6.54 Å². The summed E-state index contributed by atoms with van der Waals surface area (Å²) in [7, 11) is 0. The maximum atomic E-state index is 4.34. The Morgan fingerprint density at radius 2 is 1.94 bits per heavy atom. The van der Waals surface area contributed by atoms with E-state index in [0.29, 0.717) is 5.92 Å². The van der Waals surface area contributed by atoms with Crippen molar-refractivity contribution in [3.8, 4) is 0 Å². The van der Waals surface area contributed by atoms with E-state index in [0.717, 1.165) is 25.8 Å². The molecule has 1 heterocycles. The summed E-state index contributed by atoms with van der Waals surface area (Å²) in [6, 6.07) is 0. The van der Waals surface area contributed by atoms with Crippen LogP contribution in [0.5, 0.6) is 0 Å². The number of rotatable bonds is 7. The van der Waals surface area contributed by atoms with E-state index in [9.17, 15) is 0 Å². The van der Waals surface area contributed by atoms with Crippen molar-refractivity contribution in [1.29, 1.82) is 0 Å². The lowest BCUT2D eigenvalue weighted by atomic mass is 10.0. The summed E-state index contributed by atoms with van der Waals surface area (Å²) in [5.41, 5.74) is 2.59. The number of nitrogens with zero attached hydrogens (tertiary/aromatic N) is 3. The molecule has 16 heavy (non-hydrogen) atoms. The summed E-state index contributed by atoms with van der Waals surface area (Å²) in [6.45, 7) is 9.92. The van der Waals surface area contributed by atoms with Gasteiger partial charge in [0.25, 0.3) is 0 Å². The molecule has 0 bridgehead atoms. The summed E-state index contributed by atoms with van der Waals surface area (Å²) in [5, 5.41) is 8.62. The van der Waals surface area contributed by atoms with Gasteiger partial charge in [-0.05, 0) is 31.6 Å². The molecule has 0 radical (unpaired) electrons. The summed E-state index contributed by atoms with van der Waals surface area (Å²) < 4.78 is 2.10. The molecule has 0 aliphatic heterocycles. The average molecular weight is 223 g/mol. The first-order valence-electron chi connectivity index (χ1n) is 6.60. The Labute approximate surface area is 99.2 Å². The van der Waals surface area contributed by atoms with Crippen LogP contribution < -0.4 is 0 Å². The third-order valence-electron chi connectivity index (χ3n) is 2.72. The van der Waals surface area contributed by atoms with Crippen molar-refractivity contribution >= 4 is 0 Å². The fourth-order valence-electron chi connectivity index (χ4n) is 1.91. The molecule has 0 amide bonds. The van der Waals surface area contributed by atoms with Crippen LogP contribution in [0.25, 0.3) is 0 Å². The van der Waals surface area contributed by atoms with E-state index >= 15 is 0 Å². The predicted octanol–water partition coefficient (Wildman–Crippen LogP) is 3.23. The largest absolute Gasteiger partial charge is 0.249 e. The van der Waals surface area contributed by atoms with Crippen molar-refractivity contribution in [1.82, 2.24) is 15.0 Å². The average Bonchev–Trinajstić information content (AvgIpc) is 2.59. The molecule has 3 heteroatoms. The second-order valence-electron chi connectivity index (χ2n) is 4.91. The van der Waals surface area contributed by atoms with Gasteiger partial charge in [-0.15, -0.1) is 5.10 Å². The Hall–Kier alpha value is -0.860.